The van der Waals surface area contributed by atoms with Gasteiger partial charge in [0.25, 0.3) is 0 Å². The first-order valence-corrected chi connectivity index (χ1v) is 5.26. The van der Waals surface area contributed by atoms with Crippen LogP contribution in [0.15, 0.2) is 0 Å². The van der Waals surface area contributed by atoms with Crippen molar-refractivity contribution in [1.82, 2.24) is 4.90 Å². The number of halogens is 3. The average Bonchev–Trinajstić information content (AvgIpc) is 2.59. The van der Waals surface area contributed by atoms with E-state index >= 15 is 0 Å². The van der Waals surface area contributed by atoms with Crippen molar-refractivity contribution in [3.05, 3.63) is 0 Å². The van der Waals surface area contributed by atoms with Gasteiger partial charge in [0.15, 0.2) is 0 Å². The summed E-state index contributed by atoms with van der Waals surface area (Å²) >= 11 is 0. The topological polar surface area (TPSA) is 57.6 Å². The van der Waals surface area contributed by atoms with Crippen molar-refractivity contribution in [2.75, 3.05) is 6.54 Å². The first-order chi connectivity index (χ1) is 7.64. The monoisotopic (exact) mass is 253 g/mol. The third kappa shape index (κ3) is 1.98. The van der Waals surface area contributed by atoms with E-state index < -0.39 is 35.9 Å². The van der Waals surface area contributed by atoms with Crippen LogP contribution >= 0.6 is 0 Å². The predicted octanol–water partition coefficient (Wildman–Crippen LogP) is 1.65. The Hall–Kier alpha value is -1.27. The van der Waals surface area contributed by atoms with Gasteiger partial charge in [0.1, 0.15) is 0 Å². The second-order valence-corrected chi connectivity index (χ2v) is 4.41. The van der Waals surface area contributed by atoms with Gasteiger partial charge in [-0.3, -0.25) is 4.79 Å². The number of amides is 1. The van der Waals surface area contributed by atoms with Gasteiger partial charge in [0.2, 0.25) is 11.4 Å². The molecule has 1 aliphatic rings. The molecule has 4 nitrogen and oxygen atoms in total. The molecule has 1 fully saturated rings. The van der Waals surface area contributed by atoms with Gasteiger partial charge < -0.3 is 10.0 Å². The number of aliphatic carboxylic acids is 1. The maximum atomic E-state index is 13.0. The lowest BCUT2D eigenvalue weighted by Gasteiger charge is -2.36. The number of hydrogen-bond acceptors (Lipinski definition) is 2. The molecule has 1 atom stereocenters. The van der Waals surface area contributed by atoms with Gasteiger partial charge in [0.05, 0.1) is 0 Å². The summed E-state index contributed by atoms with van der Waals surface area (Å²) in [6.07, 6.45) is -5.49. The normalized spacial score (nSPS) is 25.4. The van der Waals surface area contributed by atoms with Crippen LogP contribution < -0.4 is 0 Å². The number of nitrogens with zero attached hydrogens (tertiary/aromatic N) is 1. The Bertz CT molecular complexity index is 340. The molecule has 1 unspecified atom stereocenters. The van der Waals surface area contributed by atoms with E-state index in [4.69, 9.17) is 5.11 Å². The highest BCUT2D eigenvalue weighted by molar-refractivity contribution is 5.89. The third-order valence-electron chi connectivity index (χ3n) is 2.96. The van der Waals surface area contributed by atoms with Crippen LogP contribution in [0.1, 0.15) is 26.7 Å². The molecular weight excluding hydrogens is 239 g/mol. The minimum atomic E-state index is -4.96. The second-order valence-electron chi connectivity index (χ2n) is 4.41. The Morgan fingerprint density at radius 2 is 1.88 bits per heavy atom. The fourth-order valence-corrected chi connectivity index (χ4v) is 2.07. The van der Waals surface area contributed by atoms with E-state index in [0.29, 0.717) is 4.90 Å². The van der Waals surface area contributed by atoms with Crippen LogP contribution in [0.5, 0.6) is 0 Å². The largest absolute Gasteiger partial charge is 0.479 e. The van der Waals surface area contributed by atoms with E-state index in [1.807, 2.05) is 0 Å². The highest BCUT2D eigenvalue weighted by Gasteiger charge is 2.67. The zero-order chi connectivity index (χ0) is 13.4. The Balaban J connectivity index is 3.22. The number of likely N-dealkylation sites (tertiary alicyclic amines) is 1. The van der Waals surface area contributed by atoms with Crippen molar-refractivity contribution >= 4 is 11.9 Å². The standard InChI is InChI=1S/C10H14F3NO3/c1-6(2)7(15)14-5-3-4-9(14,8(16)17)10(11,12)13/h6H,3-5H2,1-2H3,(H,16,17). The number of hydrogen-bond donors (Lipinski definition) is 1. The van der Waals surface area contributed by atoms with E-state index in [1.165, 1.54) is 13.8 Å². The van der Waals surface area contributed by atoms with E-state index in [-0.39, 0.29) is 13.0 Å². The van der Waals surface area contributed by atoms with Crippen molar-refractivity contribution in [2.24, 2.45) is 5.92 Å². The van der Waals surface area contributed by atoms with Crippen LogP contribution in [0.2, 0.25) is 0 Å². The molecule has 1 amide bonds. The maximum absolute atomic E-state index is 13.0. The van der Waals surface area contributed by atoms with Crippen LogP contribution in [0.25, 0.3) is 0 Å². The number of alkyl halides is 3. The predicted molar refractivity (Wildman–Crippen MR) is 52.2 cm³/mol. The molecule has 0 radical (unpaired) electrons. The van der Waals surface area contributed by atoms with Gasteiger partial charge in [-0.1, -0.05) is 13.8 Å². The lowest BCUT2D eigenvalue weighted by molar-refractivity contribution is -0.231. The molecule has 1 heterocycles. The second kappa shape index (κ2) is 4.19. The Labute approximate surface area is 96.4 Å². The van der Waals surface area contributed by atoms with E-state index in [9.17, 15) is 22.8 Å². The highest BCUT2D eigenvalue weighted by Crippen LogP contribution is 2.44. The molecule has 0 spiro atoms. The van der Waals surface area contributed by atoms with E-state index in [0.717, 1.165) is 0 Å². The molecule has 1 aliphatic heterocycles. The Morgan fingerprint density at radius 1 is 1.35 bits per heavy atom. The van der Waals surface area contributed by atoms with Crippen LogP contribution in [0.3, 0.4) is 0 Å². The summed E-state index contributed by atoms with van der Waals surface area (Å²) < 4.78 is 38.9. The number of rotatable bonds is 2. The summed E-state index contributed by atoms with van der Waals surface area (Å²) in [5, 5.41) is 8.89. The molecule has 0 aromatic rings. The summed E-state index contributed by atoms with van der Waals surface area (Å²) in [6, 6.07) is 0. The molecule has 1 N–H and O–H groups in total. The Morgan fingerprint density at radius 3 is 2.24 bits per heavy atom. The van der Waals surface area contributed by atoms with E-state index in [2.05, 4.69) is 0 Å². The molecule has 0 bridgehead atoms. The van der Waals surface area contributed by atoms with Gasteiger partial charge in [-0.15, -0.1) is 0 Å². The average molecular weight is 253 g/mol. The van der Waals surface area contributed by atoms with Crippen molar-refractivity contribution in [3.8, 4) is 0 Å². The number of carboxylic acids is 1. The third-order valence-corrected chi connectivity index (χ3v) is 2.96. The van der Waals surface area contributed by atoms with Crippen LogP contribution in [-0.4, -0.2) is 40.1 Å². The lowest BCUT2D eigenvalue weighted by atomic mass is 9.94. The molecule has 0 aromatic carbocycles. The number of carbonyl (C=O) groups is 2. The van der Waals surface area contributed by atoms with Gasteiger partial charge in [-0.2, -0.15) is 13.2 Å². The quantitative estimate of drug-likeness (QED) is 0.814. The number of carboxylic acid groups (broad SMARTS) is 1. The summed E-state index contributed by atoms with van der Waals surface area (Å²) in [5.74, 6) is -3.44. The molecule has 7 heteroatoms. The highest BCUT2D eigenvalue weighted by atomic mass is 19.4. The molecule has 1 saturated heterocycles. The van der Waals surface area contributed by atoms with Crippen molar-refractivity contribution in [2.45, 2.75) is 38.4 Å². The van der Waals surface area contributed by atoms with Crippen molar-refractivity contribution in [1.29, 1.82) is 0 Å². The maximum Gasteiger partial charge on any atom is 0.422 e. The molecular formula is C10H14F3NO3. The zero-order valence-electron chi connectivity index (χ0n) is 9.54. The van der Waals surface area contributed by atoms with Crippen LogP contribution in [-0.2, 0) is 9.59 Å². The molecule has 1 rings (SSSR count). The van der Waals surface area contributed by atoms with Crippen LogP contribution in [0.4, 0.5) is 13.2 Å². The summed E-state index contributed by atoms with van der Waals surface area (Å²) in [6.45, 7) is 2.73. The van der Waals surface area contributed by atoms with E-state index in [1.54, 1.807) is 0 Å². The zero-order valence-corrected chi connectivity index (χ0v) is 9.54. The number of carbonyl (C=O) groups excluding carboxylic acids is 1. The molecule has 0 aliphatic carbocycles. The fraction of sp³-hybridized carbons (Fsp3) is 0.800. The minimum Gasteiger partial charge on any atom is -0.479 e. The van der Waals surface area contributed by atoms with Gasteiger partial charge in [-0.25, -0.2) is 4.79 Å². The summed E-state index contributed by atoms with van der Waals surface area (Å²) in [5.41, 5.74) is -3.05. The smallest absolute Gasteiger partial charge is 0.422 e. The summed E-state index contributed by atoms with van der Waals surface area (Å²) in [4.78, 5) is 23.1. The molecule has 17 heavy (non-hydrogen) atoms. The van der Waals surface area contributed by atoms with Gasteiger partial charge >= 0.3 is 12.1 Å². The van der Waals surface area contributed by atoms with Gasteiger partial charge in [0, 0.05) is 12.5 Å². The Kier molecular flexibility index (Phi) is 3.40. The molecule has 0 aromatic heterocycles. The fourth-order valence-electron chi connectivity index (χ4n) is 2.07. The lowest BCUT2D eigenvalue weighted by Crippen LogP contribution is -2.63. The van der Waals surface area contributed by atoms with Crippen molar-refractivity contribution < 1.29 is 27.9 Å². The molecule has 0 saturated carbocycles. The minimum absolute atomic E-state index is 0.0459. The summed E-state index contributed by atoms with van der Waals surface area (Å²) in [7, 11) is 0. The van der Waals surface area contributed by atoms with Crippen molar-refractivity contribution in [3.63, 3.8) is 0 Å². The van der Waals surface area contributed by atoms with Crippen LogP contribution in [0, 0.1) is 5.92 Å². The molecule has 98 valence electrons. The first kappa shape index (κ1) is 13.8. The first-order valence-electron chi connectivity index (χ1n) is 5.26. The SMILES string of the molecule is CC(C)C(=O)N1CCCC1(C(=O)O)C(F)(F)F. The van der Waals surface area contributed by atoms with Gasteiger partial charge in [-0.05, 0) is 12.8 Å².